The minimum absolute atomic E-state index is 0.0857. The van der Waals surface area contributed by atoms with Gasteiger partial charge < -0.3 is 0 Å². The Balaban J connectivity index is 1.44. The second-order valence-corrected chi connectivity index (χ2v) is 8.56. The van der Waals surface area contributed by atoms with Crippen LogP contribution in [0.4, 0.5) is 0 Å². The topological polar surface area (TPSA) is 35.9 Å². The molecule has 0 aliphatic carbocycles. The van der Waals surface area contributed by atoms with Gasteiger partial charge in [0.1, 0.15) is 15.8 Å². The summed E-state index contributed by atoms with van der Waals surface area (Å²) in [6, 6.07) is 20.0. The molecule has 0 saturated carbocycles. The molecule has 2 aromatic carbocycles. The van der Waals surface area contributed by atoms with Crippen molar-refractivity contribution in [3.63, 3.8) is 0 Å². The molecular weight excluding hydrogens is 386 g/mol. The number of β-lactam (4-membered cyclic amide) rings is 1. The predicted molar refractivity (Wildman–Crippen MR) is 107 cm³/mol. The third-order valence-corrected chi connectivity index (χ3v) is 7.23. The summed E-state index contributed by atoms with van der Waals surface area (Å²) in [6.07, 6.45) is 0. The van der Waals surface area contributed by atoms with E-state index in [2.05, 4.69) is 17.5 Å². The molecule has 3 atom stereocenters. The van der Waals surface area contributed by atoms with E-state index in [4.69, 9.17) is 16.7 Å². The summed E-state index contributed by atoms with van der Waals surface area (Å²) in [4.78, 5) is 14.2. The van der Waals surface area contributed by atoms with Crippen LogP contribution in [0.5, 0.6) is 0 Å². The molecule has 0 aromatic heterocycles. The van der Waals surface area contributed by atoms with Crippen molar-refractivity contribution in [1.82, 2.24) is 9.91 Å². The Labute approximate surface area is 164 Å². The van der Waals surface area contributed by atoms with Crippen molar-refractivity contribution in [1.29, 1.82) is 0 Å². The molecule has 130 valence electrons. The lowest BCUT2D eigenvalue weighted by atomic mass is 9.94. The van der Waals surface area contributed by atoms with E-state index in [1.165, 1.54) is 17.3 Å². The largest absolute Gasteiger partial charge is 0.279 e. The van der Waals surface area contributed by atoms with Gasteiger partial charge in [0.05, 0.1) is 6.04 Å². The smallest absolute Gasteiger partial charge is 0.249 e. The second kappa shape index (κ2) is 6.37. The summed E-state index contributed by atoms with van der Waals surface area (Å²) in [5, 5.41) is 10.2. The Hall–Kier alpha value is -1.89. The highest BCUT2D eigenvalue weighted by molar-refractivity contribution is 8.18. The average Bonchev–Trinajstić information content (AvgIpc) is 3.27. The molecular formula is C19H14ClN3OS2. The van der Waals surface area contributed by atoms with Gasteiger partial charge in [-0.25, -0.2) is 5.01 Å². The molecule has 1 fully saturated rings. The summed E-state index contributed by atoms with van der Waals surface area (Å²) >= 11 is 9.59. The number of carbonyl (C=O) groups excluding carboxylic acids is 1. The van der Waals surface area contributed by atoms with Crippen molar-refractivity contribution in [2.75, 3.05) is 0 Å². The number of hydrazone groups is 1. The van der Waals surface area contributed by atoms with Crippen molar-refractivity contribution >= 4 is 46.2 Å². The van der Waals surface area contributed by atoms with Crippen molar-refractivity contribution in [2.24, 2.45) is 5.10 Å². The number of hydrogen-bond acceptors (Lipinski definition) is 5. The number of nitrogens with zero attached hydrogens (tertiary/aromatic N) is 3. The molecule has 0 N–H and O–H groups in total. The number of thioether (sulfide) groups is 2. The van der Waals surface area contributed by atoms with Gasteiger partial charge in [0.25, 0.3) is 0 Å². The Morgan fingerprint density at radius 3 is 2.31 bits per heavy atom. The van der Waals surface area contributed by atoms with E-state index in [0.717, 1.165) is 10.6 Å². The van der Waals surface area contributed by atoms with E-state index in [1.54, 1.807) is 16.7 Å². The molecule has 7 heteroatoms. The van der Waals surface area contributed by atoms with E-state index < -0.39 is 5.38 Å². The number of carbonyl (C=O) groups is 1. The number of halogens is 1. The van der Waals surface area contributed by atoms with E-state index in [-0.39, 0.29) is 17.3 Å². The lowest BCUT2D eigenvalue weighted by molar-refractivity contribution is -0.138. The fraction of sp³-hybridized carbons (Fsp3) is 0.158. The van der Waals surface area contributed by atoms with Crippen LogP contribution in [0.1, 0.15) is 22.5 Å². The molecule has 0 bridgehead atoms. The predicted octanol–water partition coefficient (Wildman–Crippen LogP) is 4.74. The van der Waals surface area contributed by atoms with Gasteiger partial charge in [0.2, 0.25) is 5.91 Å². The average molecular weight is 400 g/mol. The van der Waals surface area contributed by atoms with Gasteiger partial charge in [-0.3, -0.25) is 9.69 Å². The molecule has 1 amide bonds. The lowest BCUT2D eigenvalue weighted by Gasteiger charge is -2.43. The van der Waals surface area contributed by atoms with Gasteiger partial charge in [-0.1, -0.05) is 72.4 Å². The van der Waals surface area contributed by atoms with E-state index in [1.807, 2.05) is 53.5 Å². The van der Waals surface area contributed by atoms with Crippen LogP contribution in [0.3, 0.4) is 0 Å². The zero-order chi connectivity index (χ0) is 17.7. The normalized spacial score (nSPS) is 27.1. The van der Waals surface area contributed by atoms with Gasteiger partial charge in [0, 0.05) is 5.41 Å². The molecule has 2 aromatic rings. The fourth-order valence-electron chi connectivity index (χ4n) is 3.30. The van der Waals surface area contributed by atoms with E-state index in [9.17, 15) is 4.79 Å². The van der Waals surface area contributed by atoms with Gasteiger partial charge in [-0.05, 0) is 22.9 Å². The summed E-state index contributed by atoms with van der Waals surface area (Å²) in [6.45, 7) is 0. The van der Waals surface area contributed by atoms with Crippen molar-refractivity contribution < 1.29 is 4.79 Å². The van der Waals surface area contributed by atoms with Crippen LogP contribution < -0.4 is 0 Å². The molecule has 3 aliphatic rings. The van der Waals surface area contributed by atoms with Crippen LogP contribution in [-0.4, -0.2) is 26.4 Å². The first kappa shape index (κ1) is 16.3. The highest BCUT2D eigenvalue weighted by Crippen LogP contribution is 2.52. The number of fused-ring (bicyclic) bond motifs is 1. The first-order valence-corrected chi connectivity index (χ1v) is 10.4. The maximum Gasteiger partial charge on any atom is 0.249 e. The zero-order valence-corrected chi connectivity index (χ0v) is 15.9. The molecule has 3 unspecified atom stereocenters. The first-order valence-electron chi connectivity index (χ1n) is 8.22. The van der Waals surface area contributed by atoms with Crippen molar-refractivity contribution in [2.45, 2.75) is 16.8 Å². The van der Waals surface area contributed by atoms with Crippen LogP contribution in [0, 0.1) is 0 Å². The number of hydrogen-bond donors (Lipinski definition) is 0. The van der Waals surface area contributed by atoms with Crippen LogP contribution in [0.15, 0.2) is 76.2 Å². The molecule has 0 radical (unpaired) electrons. The van der Waals surface area contributed by atoms with Gasteiger partial charge in [-0.15, -0.1) is 16.7 Å². The molecule has 3 heterocycles. The van der Waals surface area contributed by atoms with Crippen LogP contribution in [0.2, 0.25) is 0 Å². The Morgan fingerprint density at radius 1 is 0.962 bits per heavy atom. The third kappa shape index (κ3) is 2.47. The minimum Gasteiger partial charge on any atom is -0.279 e. The lowest BCUT2D eigenvalue weighted by Crippen LogP contribution is -2.57. The van der Waals surface area contributed by atoms with Crippen molar-refractivity contribution in [3.8, 4) is 0 Å². The monoisotopic (exact) mass is 399 g/mol. The number of likely N-dealkylation sites (tertiary alicyclic amines) is 1. The van der Waals surface area contributed by atoms with Crippen molar-refractivity contribution in [3.05, 3.63) is 82.2 Å². The Kier molecular flexibility index (Phi) is 3.99. The summed E-state index contributed by atoms with van der Waals surface area (Å²) < 4.78 is 0. The fourth-order valence-corrected chi connectivity index (χ4v) is 5.89. The molecule has 5 rings (SSSR count). The zero-order valence-electron chi connectivity index (χ0n) is 13.5. The summed E-state index contributed by atoms with van der Waals surface area (Å²) in [5.74, 6) is -0.0857. The second-order valence-electron chi connectivity index (χ2n) is 6.15. The minimum atomic E-state index is -0.538. The highest BCUT2D eigenvalue weighted by Gasteiger charge is 2.52. The van der Waals surface area contributed by atoms with E-state index >= 15 is 0 Å². The quantitative estimate of drug-likeness (QED) is 0.539. The maximum absolute atomic E-state index is 12.5. The number of rotatable bonds is 2. The number of amides is 1. The highest BCUT2D eigenvalue weighted by atomic mass is 35.5. The van der Waals surface area contributed by atoms with E-state index in [0.29, 0.717) is 5.17 Å². The SMILES string of the molecule is O=C1C(Cl)C(c2ccccc2)N1C1=NN2C(=CSC2c2ccccc2)S1. The maximum atomic E-state index is 12.5. The van der Waals surface area contributed by atoms with Crippen LogP contribution in [-0.2, 0) is 4.79 Å². The standard InChI is InChI=1S/C19H14ClN3OS2/c20-15-16(12-7-3-1-4-8-12)22(17(15)24)19-21-23-14(26-19)11-25-18(23)13-9-5-2-6-10-13/h1-11,15-16,18H. The summed E-state index contributed by atoms with van der Waals surface area (Å²) in [5.41, 5.74) is 2.23. The first-order chi connectivity index (χ1) is 12.7. The Bertz CT molecular complexity index is 919. The number of amidine groups is 1. The summed E-state index contributed by atoms with van der Waals surface area (Å²) in [7, 11) is 0. The number of alkyl halides is 1. The Morgan fingerprint density at radius 2 is 1.62 bits per heavy atom. The van der Waals surface area contributed by atoms with Gasteiger partial charge >= 0.3 is 0 Å². The molecule has 0 spiro atoms. The molecule has 26 heavy (non-hydrogen) atoms. The van der Waals surface area contributed by atoms with Gasteiger partial charge in [0.15, 0.2) is 5.17 Å². The number of benzene rings is 2. The molecule has 4 nitrogen and oxygen atoms in total. The van der Waals surface area contributed by atoms with Crippen LogP contribution >= 0.6 is 35.1 Å². The van der Waals surface area contributed by atoms with Gasteiger partial charge in [-0.2, -0.15) is 0 Å². The molecule has 1 saturated heterocycles. The van der Waals surface area contributed by atoms with Crippen LogP contribution in [0.25, 0.3) is 0 Å². The third-order valence-electron chi connectivity index (χ3n) is 4.60. The molecule has 3 aliphatic heterocycles.